The Bertz CT molecular complexity index is 1280. The van der Waals surface area contributed by atoms with E-state index in [0.29, 0.717) is 12.8 Å². The van der Waals surface area contributed by atoms with E-state index in [-0.39, 0.29) is 25.2 Å². The number of esters is 2. The molecule has 0 rings (SSSR count). The minimum absolute atomic E-state index is 0.0898. The summed E-state index contributed by atoms with van der Waals surface area (Å²) in [5, 5.41) is 9.63. The van der Waals surface area contributed by atoms with Crippen molar-refractivity contribution < 1.29 is 24.2 Å². The maximum absolute atomic E-state index is 12.3. The smallest absolute Gasteiger partial charge is 0.306 e. The minimum atomic E-state index is -0.803. The van der Waals surface area contributed by atoms with Gasteiger partial charge in [0, 0.05) is 12.8 Å². The van der Waals surface area contributed by atoms with Gasteiger partial charge in [0.2, 0.25) is 0 Å². The number of aliphatic hydroxyl groups is 1. The lowest BCUT2D eigenvalue weighted by Gasteiger charge is -2.15. The van der Waals surface area contributed by atoms with E-state index in [9.17, 15) is 14.7 Å². The van der Waals surface area contributed by atoms with Gasteiger partial charge in [-0.25, -0.2) is 0 Å². The molecule has 5 nitrogen and oxygen atoms in total. The number of rotatable bonds is 47. The number of ether oxygens (including phenoxy) is 2. The molecule has 0 aromatic carbocycles. The second kappa shape index (κ2) is 53.9. The Morgan fingerprint density at radius 2 is 0.672 bits per heavy atom. The molecule has 0 aliphatic carbocycles. The van der Waals surface area contributed by atoms with Crippen molar-refractivity contribution in [1.29, 1.82) is 0 Å². The zero-order valence-electron chi connectivity index (χ0n) is 41.5. The Kier molecular flexibility index (Phi) is 51.0. The molecule has 0 bridgehead atoms. The molecule has 0 fully saturated rings. The van der Waals surface area contributed by atoms with Gasteiger partial charge in [-0.2, -0.15) is 0 Å². The molecule has 0 aliphatic heterocycles. The van der Waals surface area contributed by atoms with E-state index in [1.54, 1.807) is 0 Å². The van der Waals surface area contributed by atoms with Crippen LogP contribution in [-0.2, 0) is 19.1 Å². The van der Waals surface area contributed by atoms with Gasteiger partial charge in [-0.1, -0.05) is 226 Å². The van der Waals surface area contributed by atoms with E-state index in [2.05, 4.69) is 123 Å². The molecule has 1 N–H and O–H groups in total. The van der Waals surface area contributed by atoms with Crippen LogP contribution in [0.4, 0.5) is 0 Å². The number of unbranched alkanes of at least 4 members (excludes halogenated alkanes) is 21. The lowest BCUT2D eigenvalue weighted by Crippen LogP contribution is -2.28. The van der Waals surface area contributed by atoms with E-state index in [1.807, 2.05) is 0 Å². The lowest BCUT2D eigenvalue weighted by molar-refractivity contribution is -0.161. The van der Waals surface area contributed by atoms with Gasteiger partial charge in [-0.15, -0.1) is 0 Å². The van der Waals surface area contributed by atoms with Crippen LogP contribution >= 0.6 is 0 Å². The van der Waals surface area contributed by atoms with Crippen LogP contribution in [0, 0.1) is 0 Å². The second-order valence-corrected chi connectivity index (χ2v) is 17.2. The summed E-state index contributed by atoms with van der Waals surface area (Å²) in [5.41, 5.74) is 0. The van der Waals surface area contributed by atoms with Crippen molar-refractivity contribution >= 4 is 11.9 Å². The number of allylic oxidation sites excluding steroid dienone is 18. The van der Waals surface area contributed by atoms with Gasteiger partial charge < -0.3 is 14.6 Å². The van der Waals surface area contributed by atoms with Crippen molar-refractivity contribution in [3.05, 3.63) is 109 Å². The SMILES string of the molecule is CC/C=C\C/C=C\C/C=C\C/C=C\C/C=C\C/C=C\C/C=C\C/C=C\CCCCC(=O)OC(CO)COC(=O)CCCCCCCCCCCCC/C=C\CCCCCCCCCC. The van der Waals surface area contributed by atoms with Crippen molar-refractivity contribution in [1.82, 2.24) is 0 Å². The molecule has 0 radical (unpaired) electrons. The fraction of sp³-hybridized carbons (Fsp3) is 0.661. The molecule has 0 heterocycles. The number of carbonyl (C=O) groups is 2. The Morgan fingerprint density at radius 1 is 0.375 bits per heavy atom. The molecule has 0 amide bonds. The van der Waals surface area contributed by atoms with Crippen LogP contribution in [0.5, 0.6) is 0 Å². The standard InChI is InChI=1S/C59H98O5/c1-3-5-7-9-11-13-15-17-19-21-23-25-27-28-29-30-32-34-36-38-40-42-44-46-48-50-52-54-59(62)64-57(55-60)56-63-58(61)53-51-49-47-45-43-41-39-37-35-33-31-26-24-22-20-18-16-14-12-10-8-6-4-2/h5,7,11,13,17,19,22-25,28-29,32,34,38,40,44,46,57,60H,3-4,6,8-10,12,14-16,18,20-21,26-27,30-31,33,35-37,39,41-43,45,47-56H2,1-2H3/b7-5-,13-11-,19-17-,24-22-,25-23-,29-28-,34-32-,40-38-,46-44-. The third-order valence-corrected chi connectivity index (χ3v) is 11.1. The maximum Gasteiger partial charge on any atom is 0.306 e. The first-order valence-electron chi connectivity index (χ1n) is 26.4. The van der Waals surface area contributed by atoms with Gasteiger partial charge >= 0.3 is 11.9 Å². The maximum atomic E-state index is 12.3. The van der Waals surface area contributed by atoms with Crippen LogP contribution in [0.1, 0.15) is 232 Å². The van der Waals surface area contributed by atoms with Crippen molar-refractivity contribution in [3.8, 4) is 0 Å². The van der Waals surface area contributed by atoms with Crippen LogP contribution in [-0.4, -0.2) is 36.4 Å². The third-order valence-electron chi connectivity index (χ3n) is 11.1. The average Bonchev–Trinajstić information content (AvgIpc) is 3.30. The first-order valence-corrected chi connectivity index (χ1v) is 26.4. The summed E-state index contributed by atoms with van der Waals surface area (Å²) in [6, 6.07) is 0. The first-order chi connectivity index (χ1) is 31.6. The number of hydrogen-bond donors (Lipinski definition) is 1. The second-order valence-electron chi connectivity index (χ2n) is 17.2. The summed E-state index contributed by atoms with van der Waals surface area (Å²) < 4.78 is 10.7. The molecular formula is C59H98O5. The third kappa shape index (κ3) is 51.2. The highest BCUT2D eigenvalue weighted by Crippen LogP contribution is 2.14. The van der Waals surface area contributed by atoms with Gasteiger partial charge in [-0.3, -0.25) is 9.59 Å². The summed E-state index contributed by atoms with van der Waals surface area (Å²) in [5.74, 6) is -0.646. The molecule has 5 heteroatoms. The summed E-state index contributed by atoms with van der Waals surface area (Å²) >= 11 is 0. The molecule has 0 aromatic heterocycles. The van der Waals surface area contributed by atoms with Gasteiger partial charge in [0.05, 0.1) is 6.61 Å². The van der Waals surface area contributed by atoms with E-state index < -0.39 is 6.10 Å². The molecule has 1 unspecified atom stereocenters. The summed E-state index contributed by atoms with van der Waals surface area (Å²) in [7, 11) is 0. The molecule has 0 aromatic rings. The lowest BCUT2D eigenvalue weighted by atomic mass is 10.0. The van der Waals surface area contributed by atoms with Gasteiger partial charge in [-0.05, 0) is 103 Å². The summed E-state index contributed by atoms with van der Waals surface area (Å²) in [6.07, 6.45) is 77.6. The zero-order chi connectivity index (χ0) is 46.3. The molecule has 0 spiro atoms. The van der Waals surface area contributed by atoms with Crippen molar-refractivity contribution in [2.75, 3.05) is 13.2 Å². The molecule has 64 heavy (non-hydrogen) atoms. The highest BCUT2D eigenvalue weighted by atomic mass is 16.6. The quantitative estimate of drug-likeness (QED) is 0.0374. The average molecular weight is 887 g/mol. The zero-order valence-corrected chi connectivity index (χ0v) is 41.5. The summed E-state index contributed by atoms with van der Waals surface area (Å²) in [6.45, 7) is 4.00. The predicted octanol–water partition coefficient (Wildman–Crippen LogP) is 17.7. The Morgan fingerprint density at radius 3 is 1.06 bits per heavy atom. The summed E-state index contributed by atoms with van der Waals surface area (Å²) in [4.78, 5) is 24.5. The number of aliphatic hydroxyl groups excluding tert-OH is 1. The molecule has 1 atom stereocenters. The van der Waals surface area contributed by atoms with Crippen LogP contribution in [0.2, 0.25) is 0 Å². The van der Waals surface area contributed by atoms with Crippen molar-refractivity contribution in [3.63, 3.8) is 0 Å². The fourth-order valence-electron chi connectivity index (χ4n) is 7.09. The van der Waals surface area contributed by atoms with Gasteiger partial charge in [0.25, 0.3) is 0 Å². The van der Waals surface area contributed by atoms with Gasteiger partial charge in [0.15, 0.2) is 6.10 Å². The first kappa shape index (κ1) is 60.6. The predicted molar refractivity (Wildman–Crippen MR) is 279 cm³/mol. The van der Waals surface area contributed by atoms with Crippen LogP contribution in [0.25, 0.3) is 0 Å². The number of carbonyl (C=O) groups excluding carboxylic acids is 2. The van der Waals surface area contributed by atoms with Crippen molar-refractivity contribution in [2.24, 2.45) is 0 Å². The minimum Gasteiger partial charge on any atom is -0.462 e. The molecule has 0 saturated heterocycles. The molecule has 0 aliphatic rings. The largest absolute Gasteiger partial charge is 0.462 e. The monoisotopic (exact) mass is 887 g/mol. The molecule has 364 valence electrons. The van der Waals surface area contributed by atoms with Crippen molar-refractivity contribution in [2.45, 2.75) is 238 Å². The molecule has 0 saturated carbocycles. The van der Waals surface area contributed by atoms with Crippen LogP contribution in [0.15, 0.2) is 109 Å². The topological polar surface area (TPSA) is 72.8 Å². The van der Waals surface area contributed by atoms with Crippen LogP contribution < -0.4 is 0 Å². The van der Waals surface area contributed by atoms with Gasteiger partial charge in [0.1, 0.15) is 6.61 Å². The fourth-order valence-corrected chi connectivity index (χ4v) is 7.09. The number of hydrogen-bond acceptors (Lipinski definition) is 5. The highest BCUT2D eigenvalue weighted by molar-refractivity contribution is 5.70. The van der Waals surface area contributed by atoms with E-state index in [4.69, 9.17) is 9.47 Å². The van der Waals surface area contributed by atoms with E-state index >= 15 is 0 Å². The van der Waals surface area contributed by atoms with E-state index in [1.165, 1.54) is 116 Å². The normalized spacial score (nSPS) is 13.1. The Hall–Kier alpha value is -3.44. The highest BCUT2D eigenvalue weighted by Gasteiger charge is 2.16. The van der Waals surface area contributed by atoms with E-state index in [0.717, 1.165) is 89.9 Å². The Balaban J connectivity index is 3.63. The molecular weight excluding hydrogens is 789 g/mol. The van der Waals surface area contributed by atoms with Crippen LogP contribution in [0.3, 0.4) is 0 Å². The Labute approximate surface area is 395 Å².